The van der Waals surface area contributed by atoms with Crippen LogP contribution in [0, 0.1) is 6.92 Å². The summed E-state index contributed by atoms with van der Waals surface area (Å²) in [5.74, 6) is -0.364. The topological polar surface area (TPSA) is 80.3 Å². The fourth-order valence-corrected chi connectivity index (χ4v) is 7.33. The number of thioether (sulfide) groups is 1. The van der Waals surface area contributed by atoms with Gasteiger partial charge in [-0.05, 0) is 96.8 Å². The molecule has 0 N–H and O–H groups in total. The number of benzene rings is 5. The molecule has 0 aromatic heterocycles. The molecule has 270 valence electrons. The van der Waals surface area contributed by atoms with Crippen molar-refractivity contribution >= 4 is 34.5 Å². The molecule has 0 saturated carbocycles. The maximum Gasteiger partial charge on any atom is 0.338 e. The summed E-state index contributed by atoms with van der Waals surface area (Å²) in [6.45, 7) is 10.3. The normalized spacial score (nSPS) is 20.4. The first kappa shape index (κ1) is 37.3. The van der Waals surface area contributed by atoms with Crippen LogP contribution in [0.2, 0.25) is 0 Å². The van der Waals surface area contributed by atoms with E-state index >= 15 is 0 Å². The van der Waals surface area contributed by atoms with Crippen molar-refractivity contribution in [2.45, 2.75) is 76.7 Å². The van der Waals surface area contributed by atoms with Gasteiger partial charge in [0.25, 0.3) is 0 Å². The second-order valence-electron chi connectivity index (χ2n) is 13.9. The minimum absolute atomic E-state index is 0.112. The minimum Gasteiger partial charge on any atom is -0.453 e. The van der Waals surface area contributed by atoms with Gasteiger partial charge in [0, 0.05) is 0 Å². The standard InChI is InChI=1S/C44H46O7S/c1-6-52-43-40(50-41(45)33-16-8-7-9-17-33)39(51-44(3,4)5)38(37(48-43)28-47-27-30-20-21-31-15-11-12-18-35(31)26-30)49-42(46)34-24-22-32(23-25-34)36-19-13-10-14-29(36)2/h7-26,37-40,43H,6,27-28H2,1-5H3/t37-,38+,39+,40-,43+/m1/s1. The van der Waals surface area contributed by atoms with Crippen LogP contribution in [0.25, 0.3) is 21.9 Å². The molecule has 8 heteroatoms. The Balaban J connectivity index is 1.30. The summed E-state index contributed by atoms with van der Waals surface area (Å²) in [4.78, 5) is 27.5. The zero-order valence-electron chi connectivity index (χ0n) is 30.3. The van der Waals surface area contributed by atoms with Crippen molar-refractivity contribution in [1.29, 1.82) is 0 Å². The highest BCUT2D eigenvalue weighted by atomic mass is 32.2. The monoisotopic (exact) mass is 718 g/mol. The van der Waals surface area contributed by atoms with E-state index < -0.39 is 47.4 Å². The van der Waals surface area contributed by atoms with Crippen LogP contribution in [0.1, 0.15) is 59.5 Å². The molecule has 1 saturated heterocycles. The molecule has 0 amide bonds. The van der Waals surface area contributed by atoms with Crippen LogP contribution >= 0.6 is 11.8 Å². The molecular weight excluding hydrogens is 673 g/mol. The van der Waals surface area contributed by atoms with E-state index in [1.54, 1.807) is 36.4 Å². The molecule has 52 heavy (non-hydrogen) atoms. The lowest BCUT2D eigenvalue weighted by Crippen LogP contribution is -2.62. The quantitative estimate of drug-likeness (QED) is 0.118. The maximum absolute atomic E-state index is 14.0. The summed E-state index contributed by atoms with van der Waals surface area (Å²) < 4.78 is 32.2. The number of fused-ring (bicyclic) bond motifs is 1. The first-order chi connectivity index (χ1) is 25.1. The first-order valence-corrected chi connectivity index (χ1v) is 18.8. The Morgan fingerprint density at radius 3 is 2.04 bits per heavy atom. The van der Waals surface area contributed by atoms with Crippen LogP contribution in [0.5, 0.6) is 0 Å². The number of esters is 2. The van der Waals surface area contributed by atoms with E-state index in [0.29, 0.717) is 23.5 Å². The second-order valence-corrected chi connectivity index (χ2v) is 15.3. The fraction of sp³-hybridized carbons (Fsp3) is 0.318. The minimum atomic E-state index is -0.971. The van der Waals surface area contributed by atoms with Crippen molar-refractivity contribution in [3.8, 4) is 11.1 Å². The number of carbonyl (C=O) groups excluding carboxylic acids is 2. The number of ether oxygens (including phenoxy) is 5. The van der Waals surface area contributed by atoms with Gasteiger partial charge in [0.15, 0.2) is 12.2 Å². The first-order valence-electron chi connectivity index (χ1n) is 17.7. The zero-order valence-corrected chi connectivity index (χ0v) is 31.1. The Kier molecular flexibility index (Phi) is 12.1. The van der Waals surface area contributed by atoms with Crippen LogP contribution < -0.4 is 0 Å². The van der Waals surface area contributed by atoms with Crippen molar-refractivity contribution in [3.63, 3.8) is 0 Å². The largest absolute Gasteiger partial charge is 0.453 e. The molecule has 0 spiro atoms. The SMILES string of the molecule is CCS[C@@H]1O[C@H](COCc2ccc3ccccc3c2)[C@H](OC(=O)c2ccc(-c3ccccc3C)cc2)[C@H](OC(C)(C)C)[C@H]1OC(=O)c1ccccc1. The molecule has 0 radical (unpaired) electrons. The molecular formula is C44H46O7S. The number of hydrogen-bond acceptors (Lipinski definition) is 8. The third-order valence-electron chi connectivity index (χ3n) is 8.85. The van der Waals surface area contributed by atoms with Gasteiger partial charge >= 0.3 is 11.9 Å². The van der Waals surface area contributed by atoms with Crippen molar-refractivity contribution in [2.24, 2.45) is 0 Å². The Bertz CT molecular complexity index is 1950. The van der Waals surface area contributed by atoms with Crippen molar-refractivity contribution in [3.05, 3.63) is 144 Å². The van der Waals surface area contributed by atoms with Crippen molar-refractivity contribution < 1.29 is 33.3 Å². The van der Waals surface area contributed by atoms with Gasteiger partial charge in [-0.1, -0.05) is 97.9 Å². The fourth-order valence-electron chi connectivity index (χ4n) is 6.38. The van der Waals surface area contributed by atoms with E-state index in [0.717, 1.165) is 33.0 Å². The smallest absolute Gasteiger partial charge is 0.338 e. The third kappa shape index (κ3) is 9.30. The second kappa shape index (κ2) is 16.9. The Morgan fingerprint density at radius 2 is 1.35 bits per heavy atom. The Morgan fingerprint density at radius 1 is 0.712 bits per heavy atom. The predicted molar refractivity (Wildman–Crippen MR) is 206 cm³/mol. The van der Waals surface area contributed by atoms with Gasteiger partial charge in [-0.15, -0.1) is 11.8 Å². The maximum atomic E-state index is 14.0. The number of rotatable bonds is 12. The molecule has 0 aliphatic carbocycles. The molecule has 5 atom stereocenters. The lowest BCUT2D eigenvalue weighted by Gasteiger charge is -2.46. The average molecular weight is 719 g/mol. The number of carbonyl (C=O) groups is 2. The molecule has 5 aromatic carbocycles. The highest BCUT2D eigenvalue weighted by molar-refractivity contribution is 7.99. The summed E-state index contributed by atoms with van der Waals surface area (Å²) in [5, 5.41) is 2.28. The number of hydrogen-bond donors (Lipinski definition) is 0. The molecule has 6 rings (SSSR count). The summed E-state index contributed by atoms with van der Waals surface area (Å²) >= 11 is 1.50. The molecule has 1 aliphatic rings. The van der Waals surface area contributed by atoms with Gasteiger partial charge < -0.3 is 23.7 Å². The molecule has 0 unspecified atom stereocenters. The van der Waals surface area contributed by atoms with E-state index in [2.05, 4.69) is 43.3 Å². The Hall–Kier alpha value is -4.47. The van der Waals surface area contributed by atoms with Crippen LogP contribution in [0.15, 0.2) is 121 Å². The molecule has 1 aliphatic heterocycles. The van der Waals surface area contributed by atoms with E-state index in [1.807, 2.05) is 76.2 Å². The van der Waals surface area contributed by atoms with Gasteiger partial charge in [0.2, 0.25) is 0 Å². The molecule has 7 nitrogen and oxygen atoms in total. The zero-order chi connectivity index (χ0) is 36.7. The van der Waals surface area contributed by atoms with E-state index in [-0.39, 0.29) is 6.61 Å². The summed E-state index contributed by atoms with van der Waals surface area (Å²) in [6.07, 6.45) is -3.45. The molecule has 1 fully saturated rings. The summed E-state index contributed by atoms with van der Waals surface area (Å²) in [7, 11) is 0. The Labute approximate surface area is 310 Å². The van der Waals surface area contributed by atoms with Gasteiger partial charge in [-0.25, -0.2) is 9.59 Å². The van der Waals surface area contributed by atoms with E-state index in [1.165, 1.54) is 11.8 Å². The van der Waals surface area contributed by atoms with Gasteiger partial charge in [0.1, 0.15) is 17.6 Å². The number of aryl methyl sites for hydroxylation is 1. The van der Waals surface area contributed by atoms with Gasteiger partial charge in [-0.3, -0.25) is 0 Å². The lowest BCUT2D eigenvalue weighted by molar-refractivity contribution is -0.244. The molecule has 5 aromatic rings. The van der Waals surface area contributed by atoms with E-state index in [4.69, 9.17) is 23.7 Å². The molecule has 0 bridgehead atoms. The van der Waals surface area contributed by atoms with Crippen LogP contribution in [0.3, 0.4) is 0 Å². The lowest BCUT2D eigenvalue weighted by atomic mass is 9.97. The van der Waals surface area contributed by atoms with Gasteiger partial charge in [-0.2, -0.15) is 0 Å². The van der Waals surface area contributed by atoms with Crippen molar-refractivity contribution in [2.75, 3.05) is 12.4 Å². The van der Waals surface area contributed by atoms with Crippen LogP contribution in [-0.2, 0) is 30.3 Å². The van der Waals surface area contributed by atoms with E-state index in [9.17, 15) is 9.59 Å². The molecule has 1 heterocycles. The van der Waals surface area contributed by atoms with Crippen molar-refractivity contribution in [1.82, 2.24) is 0 Å². The highest BCUT2D eigenvalue weighted by Gasteiger charge is 2.52. The summed E-state index contributed by atoms with van der Waals surface area (Å²) in [6, 6.07) is 38.7. The van der Waals surface area contributed by atoms with Crippen LogP contribution in [-0.4, -0.2) is 59.8 Å². The third-order valence-corrected chi connectivity index (χ3v) is 9.89. The average Bonchev–Trinajstić information content (AvgIpc) is 3.14. The highest BCUT2D eigenvalue weighted by Crippen LogP contribution is 2.37. The van der Waals surface area contributed by atoms with Gasteiger partial charge in [0.05, 0.1) is 29.9 Å². The summed E-state index contributed by atoms with van der Waals surface area (Å²) in [5.41, 5.74) is 3.73. The van der Waals surface area contributed by atoms with Crippen LogP contribution in [0.4, 0.5) is 0 Å². The predicted octanol–water partition coefficient (Wildman–Crippen LogP) is 9.44.